The molecule has 0 fully saturated rings. The van der Waals surface area contributed by atoms with E-state index >= 15 is 0 Å². The molecule has 0 saturated carbocycles. The van der Waals surface area contributed by atoms with Crippen molar-refractivity contribution in [3.05, 3.63) is 128 Å². The number of rotatable bonds is 12. The van der Waals surface area contributed by atoms with Crippen LogP contribution in [0.3, 0.4) is 0 Å². The molecule has 0 unspecified atom stereocenters. The number of amides is 2. The van der Waals surface area contributed by atoms with Gasteiger partial charge in [-0.2, -0.15) is 27.0 Å². The van der Waals surface area contributed by atoms with Crippen molar-refractivity contribution < 1.29 is 44.6 Å². The number of non-ortho nitro benzene ring substituents is 2. The number of hydrogen-bond donors (Lipinski definition) is 2. The third-order valence-corrected chi connectivity index (χ3v) is 8.33. The predicted molar refractivity (Wildman–Crippen MR) is 166 cm³/mol. The second-order valence-electron chi connectivity index (χ2n) is 9.11. The average molecular weight is 697 g/mol. The molecule has 0 saturated heterocycles. The maximum Gasteiger partial charge on any atom is 0.339 e. The van der Waals surface area contributed by atoms with Crippen LogP contribution in [0.2, 0.25) is 0 Å². The van der Waals surface area contributed by atoms with E-state index in [1.165, 1.54) is 48.5 Å². The minimum Gasteiger partial charge on any atom is -0.379 e. The lowest BCUT2D eigenvalue weighted by molar-refractivity contribution is -0.385. The summed E-state index contributed by atoms with van der Waals surface area (Å²) < 4.78 is 59.7. The molecule has 4 aromatic carbocycles. The molecule has 18 nitrogen and oxygen atoms in total. The number of carbonyl (C=O) groups excluding carboxylic acids is 2. The van der Waals surface area contributed by atoms with Crippen molar-refractivity contribution in [1.82, 2.24) is 10.9 Å². The molecule has 0 spiro atoms. The lowest BCUT2D eigenvalue weighted by Crippen LogP contribution is -2.35. The minimum atomic E-state index is -4.27. The fourth-order valence-corrected chi connectivity index (χ4v) is 5.33. The van der Waals surface area contributed by atoms with Crippen LogP contribution in [0.4, 0.5) is 11.4 Å². The topological polar surface area (TPSA) is 256 Å². The number of nitro groups is 2. The summed E-state index contributed by atoms with van der Waals surface area (Å²) in [5.74, 6) is -2.47. The van der Waals surface area contributed by atoms with Crippen LogP contribution in [0.15, 0.2) is 117 Å². The van der Waals surface area contributed by atoms with Gasteiger partial charge in [0.25, 0.3) is 11.4 Å². The van der Waals surface area contributed by atoms with Gasteiger partial charge in [-0.05, 0) is 83.9 Å². The van der Waals surface area contributed by atoms with Crippen LogP contribution >= 0.6 is 0 Å². The van der Waals surface area contributed by atoms with Crippen molar-refractivity contribution in [3.63, 3.8) is 0 Å². The van der Waals surface area contributed by atoms with Crippen LogP contribution in [0.1, 0.15) is 11.1 Å². The Morgan fingerprint density at radius 2 is 0.875 bits per heavy atom. The van der Waals surface area contributed by atoms with Crippen LogP contribution in [-0.4, -0.2) is 50.9 Å². The largest absolute Gasteiger partial charge is 0.379 e. The first-order chi connectivity index (χ1) is 22.7. The van der Waals surface area contributed by atoms with E-state index in [2.05, 4.69) is 10.2 Å². The van der Waals surface area contributed by atoms with Crippen molar-refractivity contribution in [2.24, 2.45) is 10.2 Å². The molecule has 4 rings (SSSR count). The monoisotopic (exact) mass is 696 g/mol. The quantitative estimate of drug-likeness (QED) is 0.0712. The van der Waals surface area contributed by atoms with Gasteiger partial charge < -0.3 is 8.37 Å². The Kier molecular flexibility index (Phi) is 10.5. The van der Waals surface area contributed by atoms with E-state index in [0.29, 0.717) is 11.1 Å². The van der Waals surface area contributed by atoms with E-state index in [4.69, 9.17) is 8.37 Å². The third-order valence-electron chi connectivity index (χ3n) is 5.81. The molecule has 0 heterocycles. The lowest BCUT2D eigenvalue weighted by atomic mass is 10.2. The van der Waals surface area contributed by atoms with Crippen molar-refractivity contribution in [2.75, 3.05) is 0 Å². The molecular formula is C28H20N6O12S2. The Labute approximate surface area is 270 Å². The highest BCUT2D eigenvalue weighted by atomic mass is 32.2. The van der Waals surface area contributed by atoms with E-state index in [0.717, 1.165) is 61.0 Å². The van der Waals surface area contributed by atoms with E-state index in [1.54, 1.807) is 0 Å². The number of hydrogen-bond acceptors (Lipinski definition) is 14. The van der Waals surface area contributed by atoms with Gasteiger partial charge in [0.15, 0.2) is 0 Å². The second kappa shape index (κ2) is 14.7. The highest BCUT2D eigenvalue weighted by Gasteiger charge is 2.19. The number of nitro benzene ring substituents is 2. The van der Waals surface area contributed by atoms with Gasteiger partial charge in [-0.25, -0.2) is 10.9 Å². The Bertz CT molecular complexity index is 1960. The summed E-state index contributed by atoms with van der Waals surface area (Å²) in [7, 11) is -8.53. The number of carbonyl (C=O) groups is 2. The maximum atomic E-state index is 12.4. The minimum absolute atomic E-state index is 0.0683. The van der Waals surface area contributed by atoms with Crippen LogP contribution in [0.5, 0.6) is 11.5 Å². The number of hydrazone groups is 2. The van der Waals surface area contributed by atoms with Crippen molar-refractivity contribution >= 4 is 55.9 Å². The molecule has 0 aliphatic rings. The van der Waals surface area contributed by atoms with Crippen LogP contribution in [-0.2, 0) is 29.8 Å². The van der Waals surface area contributed by atoms with Crippen molar-refractivity contribution in [3.8, 4) is 11.5 Å². The molecule has 0 aliphatic heterocycles. The smallest absolute Gasteiger partial charge is 0.339 e. The zero-order valence-electron chi connectivity index (χ0n) is 23.9. The Hall–Kier alpha value is -6.54. The summed E-state index contributed by atoms with van der Waals surface area (Å²) in [6, 6.07) is 19.1. The summed E-state index contributed by atoms with van der Waals surface area (Å²) in [5.41, 5.74) is 4.17. The maximum absolute atomic E-state index is 12.4. The molecule has 0 atom stereocenters. The fraction of sp³-hybridized carbons (Fsp3) is 0. The molecule has 0 aliphatic carbocycles. The zero-order valence-corrected chi connectivity index (χ0v) is 25.5. The summed E-state index contributed by atoms with van der Waals surface area (Å²) in [5, 5.41) is 28.8. The Balaban J connectivity index is 1.23. The Morgan fingerprint density at radius 3 is 1.17 bits per heavy atom. The molecule has 2 amide bonds. The highest BCUT2D eigenvalue weighted by molar-refractivity contribution is 7.87. The van der Waals surface area contributed by atoms with E-state index < -0.39 is 41.9 Å². The Morgan fingerprint density at radius 1 is 0.562 bits per heavy atom. The first-order valence-corrected chi connectivity index (χ1v) is 15.8. The van der Waals surface area contributed by atoms with Gasteiger partial charge in [-0.1, -0.05) is 0 Å². The zero-order chi connectivity index (χ0) is 34.9. The van der Waals surface area contributed by atoms with Gasteiger partial charge in [0.1, 0.15) is 21.3 Å². The van der Waals surface area contributed by atoms with Crippen LogP contribution in [0.25, 0.3) is 0 Å². The van der Waals surface area contributed by atoms with Gasteiger partial charge in [0.05, 0.1) is 22.3 Å². The van der Waals surface area contributed by atoms with Gasteiger partial charge in [-0.15, -0.1) is 0 Å². The fourth-order valence-electron chi connectivity index (χ4n) is 3.47. The molecule has 0 bridgehead atoms. The SMILES string of the molecule is O=C(N/N=C/c1ccc(OS(=O)(=O)c2ccc([N+](=O)[O-])cc2)cc1)C(=O)N/N=C/c1ccc(OS(=O)(=O)c2ccc([N+](=O)[O-])cc2)cc1. The second-order valence-corrected chi connectivity index (χ2v) is 12.2. The number of benzene rings is 4. The predicted octanol–water partition coefficient (Wildman–Crippen LogP) is 2.64. The number of nitrogens with zero attached hydrogens (tertiary/aromatic N) is 4. The van der Waals surface area contributed by atoms with Gasteiger partial charge >= 0.3 is 32.1 Å². The summed E-state index contributed by atoms with van der Waals surface area (Å²) in [6.07, 6.45) is 2.32. The normalized spacial score (nSPS) is 11.6. The molecule has 20 heteroatoms. The third kappa shape index (κ3) is 9.24. The van der Waals surface area contributed by atoms with Gasteiger partial charge in [0, 0.05) is 24.3 Å². The average Bonchev–Trinajstić information content (AvgIpc) is 3.06. The molecule has 0 radical (unpaired) electrons. The number of nitrogens with one attached hydrogen (secondary N) is 2. The lowest BCUT2D eigenvalue weighted by Gasteiger charge is -2.07. The summed E-state index contributed by atoms with van der Waals surface area (Å²) in [6.45, 7) is 0. The van der Waals surface area contributed by atoms with Crippen molar-refractivity contribution in [1.29, 1.82) is 0 Å². The first-order valence-electron chi connectivity index (χ1n) is 13.0. The van der Waals surface area contributed by atoms with Crippen LogP contribution in [0, 0.1) is 20.2 Å². The summed E-state index contributed by atoms with van der Waals surface area (Å²) >= 11 is 0. The molecule has 48 heavy (non-hydrogen) atoms. The van der Waals surface area contributed by atoms with E-state index in [-0.39, 0.29) is 32.7 Å². The highest BCUT2D eigenvalue weighted by Crippen LogP contribution is 2.22. The van der Waals surface area contributed by atoms with Crippen LogP contribution < -0.4 is 19.2 Å². The van der Waals surface area contributed by atoms with Crippen molar-refractivity contribution in [2.45, 2.75) is 9.79 Å². The first kappa shape index (κ1) is 34.3. The van der Waals surface area contributed by atoms with E-state index in [9.17, 15) is 46.7 Å². The van der Waals surface area contributed by atoms with Gasteiger partial charge in [0.2, 0.25) is 0 Å². The molecule has 2 N–H and O–H groups in total. The van der Waals surface area contributed by atoms with Gasteiger partial charge in [-0.3, -0.25) is 29.8 Å². The summed E-state index contributed by atoms with van der Waals surface area (Å²) in [4.78, 5) is 43.5. The molecule has 4 aromatic rings. The molecule has 0 aromatic heterocycles. The molecular weight excluding hydrogens is 676 g/mol. The standard InChI is InChI=1S/C28H20N6O12S2/c35-27(31-29-17-19-1-9-23(10-2-19)45-47(41,42)25-13-5-21(6-14-25)33(37)38)28(36)32-30-18-20-3-11-24(12-4-20)46-48(43,44)26-15-7-22(8-16-26)34(39)40/h1-18H,(H,31,35)(H,32,36)/b29-17+,30-18+. The van der Waals surface area contributed by atoms with E-state index in [1.807, 2.05) is 10.9 Å². The molecule has 246 valence electrons.